The van der Waals surface area contributed by atoms with E-state index in [1.165, 1.54) is 12.1 Å². The Morgan fingerprint density at radius 3 is 2.48 bits per heavy atom. The Labute approximate surface area is 170 Å². The molecule has 0 radical (unpaired) electrons. The summed E-state index contributed by atoms with van der Waals surface area (Å²) in [6, 6.07) is 10.3. The van der Waals surface area contributed by atoms with E-state index >= 15 is 0 Å². The molecule has 1 heterocycles. The number of fused-ring (bicyclic) bond motifs is 1. The van der Waals surface area contributed by atoms with Gasteiger partial charge in [0.1, 0.15) is 5.75 Å². The number of carbonyl (C=O) groups excluding carboxylic acids is 2. The van der Waals surface area contributed by atoms with Crippen LogP contribution in [0.25, 0.3) is 0 Å². The lowest BCUT2D eigenvalue weighted by Gasteiger charge is -2.36. The number of hydrogen-bond donors (Lipinski definition) is 1. The van der Waals surface area contributed by atoms with Gasteiger partial charge in [0.2, 0.25) is 6.79 Å². The topological polar surface area (TPSA) is 77.1 Å². The minimum absolute atomic E-state index is 0.133. The van der Waals surface area contributed by atoms with Crippen molar-refractivity contribution >= 4 is 11.8 Å². The average molecular weight is 398 g/mol. The van der Waals surface area contributed by atoms with Crippen LogP contribution in [0.15, 0.2) is 36.4 Å². The summed E-state index contributed by atoms with van der Waals surface area (Å²) >= 11 is 0. The summed E-state index contributed by atoms with van der Waals surface area (Å²) in [5.74, 6) is 0.897. The molecule has 1 N–H and O–H groups in total. The lowest BCUT2D eigenvalue weighted by Crippen LogP contribution is -2.56. The quantitative estimate of drug-likeness (QED) is 0.797. The van der Waals surface area contributed by atoms with Gasteiger partial charge in [-0.05, 0) is 51.5 Å². The first-order valence-corrected chi connectivity index (χ1v) is 9.48. The number of carbonyl (C=O) groups is 2. The number of hydrogen-bond acceptors (Lipinski definition) is 5. The number of methoxy groups -OCH3 is 1. The molecule has 2 aromatic rings. The first-order chi connectivity index (χ1) is 13.8. The number of para-hydroxylation sites is 1. The Morgan fingerprint density at radius 2 is 1.83 bits per heavy atom. The standard InChI is InChI=1S/C22H26N2O5/c1-6-14-15(11-12-18-19(14)29-13-28-18)20(25)23-24(22(2,3)4)21(26)16-9-7-8-10-17(16)27-5/h7-12H,6,13H2,1-5H3,(H,23,25). The van der Waals surface area contributed by atoms with Crippen LogP contribution in [0, 0.1) is 0 Å². The second kappa shape index (κ2) is 8.03. The van der Waals surface area contributed by atoms with E-state index < -0.39 is 11.4 Å². The summed E-state index contributed by atoms with van der Waals surface area (Å²) in [5, 5.41) is 1.33. The fraction of sp³-hybridized carbons (Fsp3) is 0.364. The highest BCUT2D eigenvalue weighted by molar-refractivity contribution is 6.01. The lowest BCUT2D eigenvalue weighted by molar-refractivity contribution is 0.0355. The number of ether oxygens (including phenoxy) is 3. The Kier molecular flexibility index (Phi) is 5.68. The molecule has 0 saturated heterocycles. The summed E-state index contributed by atoms with van der Waals surface area (Å²) in [6.07, 6.45) is 0.589. The van der Waals surface area contributed by atoms with Crippen molar-refractivity contribution in [3.05, 3.63) is 53.1 Å². The Hall–Kier alpha value is -3.22. The molecule has 7 heteroatoms. The Morgan fingerprint density at radius 1 is 1.10 bits per heavy atom. The molecule has 0 unspecified atom stereocenters. The van der Waals surface area contributed by atoms with Crippen LogP contribution in [0.4, 0.5) is 0 Å². The zero-order chi connectivity index (χ0) is 21.2. The maximum atomic E-state index is 13.3. The predicted octanol–water partition coefficient (Wildman–Crippen LogP) is 3.57. The van der Waals surface area contributed by atoms with Gasteiger partial charge in [-0.15, -0.1) is 0 Å². The maximum absolute atomic E-state index is 13.3. The van der Waals surface area contributed by atoms with Gasteiger partial charge in [-0.1, -0.05) is 19.1 Å². The van der Waals surface area contributed by atoms with E-state index in [0.717, 1.165) is 5.56 Å². The molecular weight excluding hydrogens is 372 g/mol. The van der Waals surface area contributed by atoms with Gasteiger partial charge in [0.15, 0.2) is 11.5 Å². The van der Waals surface area contributed by atoms with E-state index in [1.54, 1.807) is 36.4 Å². The van der Waals surface area contributed by atoms with E-state index in [9.17, 15) is 9.59 Å². The Bertz CT molecular complexity index is 933. The number of rotatable bonds is 4. The highest BCUT2D eigenvalue weighted by Crippen LogP contribution is 2.38. The molecular formula is C22H26N2O5. The lowest BCUT2D eigenvalue weighted by atomic mass is 10.0. The summed E-state index contributed by atoms with van der Waals surface area (Å²) in [7, 11) is 1.51. The van der Waals surface area contributed by atoms with Crippen LogP contribution in [-0.4, -0.2) is 36.3 Å². The Balaban J connectivity index is 1.94. The molecule has 0 bridgehead atoms. The van der Waals surface area contributed by atoms with Crippen LogP contribution in [0.2, 0.25) is 0 Å². The van der Waals surface area contributed by atoms with Crippen molar-refractivity contribution in [2.75, 3.05) is 13.9 Å². The first-order valence-electron chi connectivity index (χ1n) is 9.48. The number of nitrogens with zero attached hydrogens (tertiary/aromatic N) is 1. The smallest absolute Gasteiger partial charge is 0.276 e. The largest absolute Gasteiger partial charge is 0.496 e. The van der Waals surface area contributed by atoms with Gasteiger partial charge in [0.05, 0.1) is 18.2 Å². The maximum Gasteiger partial charge on any atom is 0.276 e. The molecule has 2 amide bonds. The summed E-state index contributed by atoms with van der Waals surface area (Å²) in [6.45, 7) is 7.62. The summed E-state index contributed by atoms with van der Waals surface area (Å²) in [5.41, 5.74) is 3.67. The fourth-order valence-corrected chi connectivity index (χ4v) is 3.22. The zero-order valence-corrected chi connectivity index (χ0v) is 17.4. The van der Waals surface area contributed by atoms with Crippen LogP contribution >= 0.6 is 0 Å². The highest BCUT2D eigenvalue weighted by Gasteiger charge is 2.32. The molecule has 0 atom stereocenters. The summed E-state index contributed by atoms with van der Waals surface area (Å²) < 4.78 is 16.2. The van der Waals surface area contributed by atoms with E-state index in [-0.39, 0.29) is 12.7 Å². The fourth-order valence-electron chi connectivity index (χ4n) is 3.22. The number of hydrazine groups is 1. The van der Waals surface area contributed by atoms with Gasteiger partial charge < -0.3 is 14.2 Å². The minimum Gasteiger partial charge on any atom is -0.496 e. The van der Waals surface area contributed by atoms with Gasteiger partial charge in [-0.25, -0.2) is 5.01 Å². The monoisotopic (exact) mass is 398 g/mol. The van der Waals surface area contributed by atoms with Crippen molar-refractivity contribution in [3.8, 4) is 17.2 Å². The van der Waals surface area contributed by atoms with Crippen LogP contribution < -0.4 is 19.6 Å². The highest BCUT2D eigenvalue weighted by atomic mass is 16.7. The van der Waals surface area contributed by atoms with E-state index in [2.05, 4.69) is 5.43 Å². The third kappa shape index (κ3) is 3.99. The first kappa shape index (κ1) is 20.5. The van der Waals surface area contributed by atoms with Crippen LogP contribution in [0.5, 0.6) is 17.2 Å². The molecule has 3 rings (SSSR count). The van der Waals surface area contributed by atoms with E-state index in [0.29, 0.717) is 34.8 Å². The predicted molar refractivity (Wildman–Crippen MR) is 108 cm³/mol. The molecule has 0 saturated carbocycles. The van der Waals surface area contributed by atoms with Gasteiger partial charge in [-0.2, -0.15) is 0 Å². The van der Waals surface area contributed by atoms with Gasteiger partial charge in [0, 0.05) is 11.1 Å². The van der Waals surface area contributed by atoms with Crippen molar-refractivity contribution < 1.29 is 23.8 Å². The second-order valence-electron chi connectivity index (χ2n) is 7.63. The van der Waals surface area contributed by atoms with E-state index in [1.807, 2.05) is 27.7 Å². The average Bonchev–Trinajstić information content (AvgIpc) is 3.18. The normalized spacial score (nSPS) is 12.4. The molecule has 7 nitrogen and oxygen atoms in total. The van der Waals surface area contributed by atoms with Crippen molar-refractivity contribution in [2.45, 2.75) is 39.7 Å². The van der Waals surface area contributed by atoms with Gasteiger partial charge in [-0.3, -0.25) is 15.0 Å². The van der Waals surface area contributed by atoms with Gasteiger partial charge in [0.25, 0.3) is 11.8 Å². The molecule has 1 aliphatic rings. The van der Waals surface area contributed by atoms with E-state index in [4.69, 9.17) is 14.2 Å². The zero-order valence-electron chi connectivity index (χ0n) is 17.4. The molecule has 29 heavy (non-hydrogen) atoms. The second-order valence-corrected chi connectivity index (χ2v) is 7.63. The molecule has 0 spiro atoms. The summed E-state index contributed by atoms with van der Waals surface area (Å²) in [4.78, 5) is 26.4. The third-order valence-electron chi connectivity index (χ3n) is 4.66. The van der Waals surface area contributed by atoms with Crippen molar-refractivity contribution in [1.82, 2.24) is 10.4 Å². The van der Waals surface area contributed by atoms with Crippen LogP contribution in [-0.2, 0) is 6.42 Å². The SMILES string of the molecule is CCc1c(C(=O)NN(C(=O)c2ccccc2OC)C(C)(C)C)ccc2c1OCO2. The third-order valence-corrected chi connectivity index (χ3v) is 4.66. The molecule has 154 valence electrons. The van der Waals surface area contributed by atoms with Crippen molar-refractivity contribution in [2.24, 2.45) is 0 Å². The molecule has 0 aromatic heterocycles. The van der Waals surface area contributed by atoms with Crippen molar-refractivity contribution in [3.63, 3.8) is 0 Å². The van der Waals surface area contributed by atoms with Crippen LogP contribution in [0.3, 0.4) is 0 Å². The molecule has 0 fully saturated rings. The number of nitrogens with one attached hydrogen (secondary N) is 1. The molecule has 1 aliphatic heterocycles. The van der Waals surface area contributed by atoms with Gasteiger partial charge >= 0.3 is 0 Å². The number of benzene rings is 2. The van der Waals surface area contributed by atoms with Crippen molar-refractivity contribution in [1.29, 1.82) is 0 Å². The minimum atomic E-state index is -0.670. The molecule has 0 aliphatic carbocycles. The van der Waals surface area contributed by atoms with Crippen LogP contribution in [0.1, 0.15) is 54.0 Å². The number of amides is 2. The molecule has 2 aromatic carbocycles.